The van der Waals surface area contributed by atoms with Crippen molar-refractivity contribution < 1.29 is 5.11 Å². The predicted octanol–water partition coefficient (Wildman–Crippen LogP) is 4.12. The van der Waals surface area contributed by atoms with Crippen molar-refractivity contribution in [3.05, 3.63) is 64.3 Å². The molecule has 24 heavy (non-hydrogen) atoms. The van der Waals surface area contributed by atoms with Crippen molar-refractivity contribution in [2.75, 3.05) is 13.7 Å². The third-order valence-corrected chi connectivity index (χ3v) is 4.49. The van der Waals surface area contributed by atoms with Gasteiger partial charge in [0.25, 0.3) is 0 Å². The lowest BCUT2D eigenvalue weighted by Gasteiger charge is -2.16. The highest BCUT2D eigenvalue weighted by Crippen LogP contribution is 2.35. The second-order valence-corrected chi connectivity index (χ2v) is 6.36. The van der Waals surface area contributed by atoms with Crippen LogP contribution < -0.4 is 5.32 Å². The van der Waals surface area contributed by atoms with E-state index in [2.05, 4.69) is 30.4 Å². The fraction of sp³-hybridized carbons (Fsp3) is 0.250. The van der Waals surface area contributed by atoms with Gasteiger partial charge in [-0.05, 0) is 66.9 Å². The maximum atomic E-state index is 9.50. The summed E-state index contributed by atoms with van der Waals surface area (Å²) >= 11 is 6.05. The number of halogens is 1. The zero-order chi connectivity index (χ0) is 17.1. The Bertz CT molecular complexity index is 860. The molecule has 0 atom stereocenters. The Morgan fingerprint density at radius 3 is 2.54 bits per heavy atom. The van der Waals surface area contributed by atoms with Gasteiger partial charge in [0, 0.05) is 23.6 Å². The molecule has 0 unspecified atom stereocenters. The van der Waals surface area contributed by atoms with Crippen molar-refractivity contribution in [3.8, 4) is 11.1 Å². The van der Waals surface area contributed by atoms with E-state index >= 15 is 0 Å². The van der Waals surface area contributed by atoms with Crippen molar-refractivity contribution in [1.82, 2.24) is 10.3 Å². The van der Waals surface area contributed by atoms with Gasteiger partial charge in [-0.1, -0.05) is 29.8 Å². The molecular weight excluding hydrogens is 320 g/mol. The van der Waals surface area contributed by atoms with Gasteiger partial charge in [0.15, 0.2) is 0 Å². The number of aliphatic hydroxyl groups is 1. The summed E-state index contributed by atoms with van der Waals surface area (Å²) in [6.07, 6.45) is 0.623. The Morgan fingerprint density at radius 2 is 1.88 bits per heavy atom. The summed E-state index contributed by atoms with van der Waals surface area (Å²) in [5, 5.41) is 14.5. The number of hydrogen-bond acceptors (Lipinski definition) is 3. The molecule has 0 fully saturated rings. The molecule has 0 amide bonds. The molecule has 0 radical (unpaired) electrons. The monoisotopic (exact) mass is 340 g/mol. The number of pyridine rings is 1. The normalized spacial score (nSPS) is 11.2. The summed E-state index contributed by atoms with van der Waals surface area (Å²) < 4.78 is 0. The minimum Gasteiger partial charge on any atom is -0.396 e. The van der Waals surface area contributed by atoms with Crippen molar-refractivity contribution >= 4 is 22.5 Å². The van der Waals surface area contributed by atoms with Gasteiger partial charge in [-0.15, -0.1) is 0 Å². The fourth-order valence-corrected chi connectivity index (χ4v) is 3.28. The second-order valence-electron chi connectivity index (χ2n) is 5.93. The summed E-state index contributed by atoms with van der Waals surface area (Å²) in [7, 11) is 1.92. The Morgan fingerprint density at radius 1 is 1.12 bits per heavy atom. The SMILES string of the molecule is CNCc1ccc2c(-c3ccc(Cl)cc3)c(CCO)c(C)cc2n1. The molecule has 4 heteroatoms. The molecular formula is C20H21ClN2O. The summed E-state index contributed by atoms with van der Waals surface area (Å²) in [5.41, 5.74) is 6.54. The Kier molecular flexibility index (Phi) is 5.14. The number of benzene rings is 2. The summed E-state index contributed by atoms with van der Waals surface area (Å²) in [6.45, 7) is 2.94. The van der Waals surface area contributed by atoms with Gasteiger partial charge in [-0.25, -0.2) is 0 Å². The molecule has 124 valence electrons. The zero-order valence-electron chi connectivity index (χ0n) is 13.9. The molecule has 0 aliphatic rings. The van der Waals surface area contributed by atoms with E-state index in [-0.39, 0.29) is 6.61 Å². The number of fused-ring (bicyclic) bond motifs is 1. The van der Waals surface area contributed by atoms with Gasteiger partial charge in [0.05, 0.1) is 11.2 Å². The van der Waals surface area contributed by atoms with E-state index < -0.39 is 0 Å². The van der Waals surface area contributed by atoms with E-state index in [9.17, 15) is 5.11 Å². The molecule has 3 aromatic rings. The van der Waals surface area contributed by atoms with Crippen LogP contribution in [-0.2, 0) is 13.0 Å². The summed E-state index contributed by atoms with van der Waals surface area (Å²) in [5.74, 6) is 0. The number of aliphatic hydroxyl groups excluding tert-OH is 1. The number of rotatable bonds is 5. The number of nitrogens with one attached hydrogen (secondary N) is 1. The van der Waals surface area contributed by atoms with Crippen LogP contribution in [0.2, 0.25) is 5.02 Å². The smallest absolute Gasteiger partial charge is 0.0714 e. The van der Waals surface area contributed by atoms with Crippen molar-refractivity contribution in [3.63, 3.8) is 0 Å². The summed E-state index contributed by atoms with van der Waals surface area (Å²) in [6, 6.07) is 14.1. The zero-order valence-corrected chi connectivity index (χ0v) is 14.7. The highest BCUT2D eigenvalue weighted by molar-refractivity contribution is 6.30. The van der Waals surface area contributed by atoms with E-state index in [0.29, 0.717) is 11.4 Å². The van der Waals surface area contributed by atoms with Crippen molar-refractivity contribution in [2.24, 2.45) is 0 Å². The largest absolute Gasteiger partial charge is 0.396 e. The molecule has 1 aromatic heterocycles. The lowest BCUT2D eigenvalue weighted by atomic mass is 9.90. The molecule has 0 bridgehead atoms. The molecule has 0 saturated carbocycles. The van der Waals surface area contributed by atoms with Crippen LogP contribution in [0, 0.1) is 6.92 Å². The van der Waals surface area contributed by atoms with Crippen LogP contribution in [-0.4, -0.2) is 23.7 Å². The second kappa shape index (κ2) is 7.31. The van der Waals surface area contributed by atoms with Gasteiger partial charge in [-0.3, -0.25) is 4.98 Å². The van der Waals surface area contributed by atoms with Crippen LogP contribution >= 0.6 is 11.6 Å². The Hall–Kier alpha value is -1.94. The standard InChI is InChI=1S/C20H21ClN2O/c1-13-11-19-18(8-7-16(23-19)12-22-2)20(17(13)9-10-24)14-3-5-15(21)6-4-14/h3-8,11,22,24H,9-10,12H2,1-2H3. The van der Waals surface area contributed by atoms with Crippen LogP contribution in [0.3, 0.4) is 0 Å². The Labute approximate surface area is 147 Å². The number of aryl methyl sites for hydroxylation is 1. The Balaban J connectivity index is 2.29. The highest BCUT2D eigenvalue weighted by atomic mass is 35.5. The average Bonchev–Trinajstić information content (AvgIpc) is 2.57. The lowest BCUT2D eigenvalue weighted by molar-refractivity contribution is 0.299. The molecule has 0 spiro atoms. The number of aromatic nitrogens is 1. The molecule has 0 aliphatic carbocycles. The van der Waals surface area contributed by atoms with Gasteiger partial charge in [0.1, 0.15) is 0 Å². The third-order valence-electron chi connectivity index (χ3n) is 4.24. The van der Waals surface area contributed by atoms with Gasteiger partial charge in [0.2, 0.25) is 0 Å². The van der Waals surface area contributed by atoms with E-state index in [1.165, 1.54) is 0 Å². The lowest BCUT2D eigenvalue weighted by Crippen LogP contribution is -2.07. The molecule has 0 saturated heterocycles. The summed E-state index contributed by atoms with van der Waals surface area (Å²) in [4.78, 5) is 4.78. The molecule has 2 N–H and O–H groups in total. The van der Waals surface area contributed by atoms with Crippen LogP contribution in [0.15, 0.2) is 42.5 Å². The van der Waals surface area contributed by atoms with Crippen LogP contribution in [0.25, 0.3) is 22.0 Å². The quantitative estimate of drug-likeness (QED) is 0.734. The fourth-order valence-electron chi connectivity index (χ4n) is 3.15. The molecule has 3 rings (SSSR count). The van der Waals surface area contributed by atoms with E-state index in [4.69, 9.17) is 16.6 Å². The highest BCUT2D eigenvalue weighted by Gasteiger charge is 2.14. The van der Waals surface area contributed by atoms with Gasteiger partial charge in [-0.2, -0.15) is 0 Å². The minimum atomic E-state index is 0.123. The van der Waals surface area contributed by atoms with Crippen molar-refractivity contribution in [2.45, 2.75) is 19.9 Å². The first-order chi connectivity index (χ1) is 11.6. The van der Waals surface area contributed by atoms with Gasteiger partial charge < -0.3 is 10.4 Å². The number of hydrogen-bond donors (Lipinski definition) is 2. The minimum absolute atomic E-state index is 0.123. The van der Waals surface area contributed by atoms with Crippen LogP contribution in [0.5, 0.6) is 0 Å². The van der Waals surface area contributed by atoms with E-state index in [1.807, 2.05) is 31.3 Å². The van der Waals surface area contributed by atoms with Gasteiger partial charge >= 0.3 is 0 Å². The predicted molar refractivity (Wildman–Crippen MR) is 100 cm³/mol. The number of nitrogens with zero attached hydrogens (tertiary/aromatic N) is 1. The van der Waals surface area contributed by atoms with E-state index in [0.717, 1.165) is 45.4 Å². The van der Waals surface area contributed by atoms with Crippen LogP contribution in [0.1, 0.15) is 16.8 Å². The maximum absolute atomic E-state index is 9.50. The first-order valence-electron chi connectivity index (χ1n) is 8.07. The third kappa shape index (κ3) is 3.29. The first-order valence-corrected chi connectivity index (χ1v) is 8.45. The molecule has 2 aromatic carbocycles. The maximum Gasteiger partial charge on any atom is 0.0714 e. The topological polar surface area (TPSA) is 45.1 Å². The van der Waals surface area contributed by atoms with Crippen LogP contribution in [0.4, 0.5) is 0 Å². The first kappa shape index (κ1) is 16.9. The average molecular weight is 341 g/mol. The van der Waals surface area contributed by atoms with Crippen molar-refractivity contribution in [1.29, 1.82) is 0 Å². The van der Waals surface area contributed by atoms with E-state index in [1.54, 1.807) is 0 Å². The molecule has 0 aliphatic heterocycles. The molecule has 1 heterocycles. The molecule has 3 nitrogen and oxygen atoms in total.